The molecule has 16 aromatic rings. The first-order chi connectivity index (χ1) is 62.1. The molecule has 0 aliphatic rings. The zero-order valence-corrected chi connectivity index (χ0v) is 74.9. The molecule has 1 amide bonds. The summed E-state index contributed by atoms with van der Waals surface area (Å²) in [6.07, 6.45) is -2.91. The smallest absolute Gasteiger partial charge is 0.290 e. The van der Waals surface area contributed by atoms with Gasteiger partial charge in [0, 0.05) is 87.0 Å². The average Bonchev–Trinajstić information content (AvgIpc) is 1.10. The van der Waals surface area contributed by atoms with Crippen molar-refractivity contribution in [1.29, 1.82) is 0 Å². The van der Waals surface area contributed by atoms with Crippen LogP contribution in [-0.4, -0.2) is 134 Å². The highest BCUT2D eigenvalue weighted by atomic mass is 35.5. The fraction of sp³-hybridized carbons (Fsp3) is 0.0864. The van der Waals surface area contributed by atoms with Gasteiger partial charge in [0.15, 0.2) is 22.8 Å². The second-order valence-corrected chi connectivity index (χ2v) is 37.2. The van der Waals surface area contributed by atoms with Gasteiger partial charge in [-0.2, -0.15) is 59.9 Å². The number of aromatic amines is 4. The van der Waals surface area contributed by atoms with Crippen molar-refractivity contribution in [2.75, 3.05) is 30.3 Å². The summed E-state index contributed by atoms with van der Waals surface area (Å²) in [6, 6.07) is 30.9. The molecule has 31 nitrogen and oxygen atoms in total. The minimum absolute atomic E-state index is 0.00198. The number of rotatable bonds is 21. The fourth-order valence-corrected chi connectivity index (χ4v) is 18.1. The SMILES string of the molecule is CCN(C(=O)c1ncc(Cl)cc1NS(=O)(=O)c1ccc(Cl)c(C)c1)c1n[nH]c2ccccc12.Cc1ccc(S(=O)(=O)Nc2cc(Cl)cnc2C(=O)c2ccnc3[nH]ncc23)cc1C(F)(F)F.O=C(c1ncc(Cl)cc1NS(=O)(=O)c1ccc(Cl)c(C(F)(F)F)c1)c1cccc2[nH]ncc12.O=C(c1ncc(Cl)cc1NS(=O)(=O)c1ccc(Cl)c(C(F)(F)F)c1)c1ccnc2[nH]ncc12. The van der Waals surface area contributed by atoms with Crippen LogP contribution in [0.1, 0.15) is 93.4 Å². The van der Waals surface area contributed by atoms with Crippen LogP contribution >= 0.6 is 81.2 Å². The largest absolute Gasteiger partial charge is 0.417 e. The Kier molecular flexibility index (Phi) is 28.1. The van der Waals surface area contributed by atoms with E-state index in [-0.39, 0.29) is 99.3 Å². The zero-order chi connectivity index (χ0) is 95.6. The maximum Gasteiger partial charge on any atom is 0.417 e. The normalized spacial score (nSPS) is 12.0. The van der Waals surface area contributed by atoms with Crippen LogP contribution in [0.15, 0.2) is 227 Å². The van der Waals surface area contributed by atoms with Gasteiger partial charge in [-0.25, -0.2) is 63.6 Å². The quantitative estimate of drug-likeness (QED) is 0.0245. The van der Waals surface area contributed by atoms with Crippen molar-refractivity contribution < 1.29 is 92.4 Å². The predicted molar refractivity (Wildman–Crippen MR) is 473 cm³/mol. The van der Waals surface area contributed by atoms with Crippen molar-refractivity contribution in [3.05, 3.63) is 310 Å². The summed E-state index contributed by atoms with van der Waals surface area (Å²) in [5.74, 6) is -2.12. The Morgan fingerprint density at radius 1 is 0.364 bits per heavy atom. The Bertz CT molecular complexity index is 7260. The van der Waals surface area contributed by atoms with E-state index in [2.05, 4.69) is 89.6 Å². The van der Waals surface area contributed by atoms with Crippen LogP contribution in [0, 0.1) is 13.8 Å². The molecule has 0 saturated carbocycles. The maximum absolute atomic E-state index is 13.5. The molecule has 0 radical (unpaired) electrons. The number of hydrogen-bond donors (Lipinski definition) is 8. The number of pyridine rings is 6. The van der Waals surface area contributed by atoms with Crippen molar-refractivity contribution in [3.63, 3.8) is 0 Å². The first-order valence-corrected chi connectivity index (χ1v) is 45.5. The van der Waals surface area contributed by atoms with Crippen LogP contribution in [-0.2, 0) is 58.6 Å². The zero-order valence-electron chi connectivity index (χ0n) is 66.3. The van der Waals surface area contributed by atoms with Crippen molar-refractivity contribution >= 4 is 217 Å². The number of aromatic nitrogens is 14. The Labute approximate surface area is 773 Å². The van der Waals surface area contributed by atoms with Gasteiger partial charge in [0.05, 0.1) is 119 Å². The van der Waals surface area contributed by atoms with Gasteiger partial charge in [0.25, 0.3) is 46.0 Å². The molecule has 16 rings (SSSR count). The van der Waals surface area contributed by atoms with E-state index >= 15 is 0 Å². The Morgan fingerprint density at radius 2 is 0.720 bits per heavy atom. The molecule has 10 aromatic heterocycles. The van der Waals surface area contributed by atoms with Crippen LogP contribution in [0.3, 0.4) is 0 Å². The molecule has 0 aliphatic heterocycles. The molecule has 0 fully saturated rings. The van der Waals surface area contributed by atoms with Crippen LogP contribution in [0.25, 0.3) is 43.9 Å². The molecule has 0 unspecified atom stereocenters. The summed E-state index contributed by atoms with van der Waals surface area (Å²) in [7, 11) is -17.7. The van der Waals surface area contributed by atoms with E-state index in [1.807, 2.05) is 24.3 Å². The van der Waals surface area contributed by atoms with E-state index in [4.69, 9.17) is 81.2 Å². The number of nitrogens with zero attached hydrogens (tertiary/aromatic N) is 11. The van der Waals surface area contributed by atoms with E-state index in [0.29, 0.717) is 67.6 Å². The number of nitrogens with one attached hydrogen (secondary N) is 8. The summed E-state index contributed by atoms with van der Waals surface area (Å²) in [5.41, 5.74) is -2.88. The molecule has 0 bridgehead atoms. The van der Waals surface area contributed by atoms with Crippen LogP contribution in [0.2, 0.25) is 35.2 Å². The van der Waals surface area contributed by atoms with Crippen molar-refractivity contribution in [2.24, 2.45) is 0 Å². The van der Waals surface area contributed by atoms with Crippen molar-refractivity contribution in [2.45, 2.75) is 58.9 Å². The number of anilines is 5. The number of alkyl halides is 9. The lowest BCUT2D eigenvalue weighted by Gasteiger charge is -2.20. The minimum atomic E-state index is -4.88. The Balaban J connectivity index is 0.000000150. The van der Waals surface area contributed by atoms with E-state index in [9.17, 15) is 92.4 Å². The van der Waals surface area contributed by atoms with Crippen LogP contribution in [0.4, 0.5) is 68.1 Å². The van der Waals surface area contributed by atoms with Crippen molar-refractivity contribution in [1.82, 2.24) is 70.7 Å². The number of benzene rings is 6. The van der Waals surface area contributed by atoms with Gasteiger partial charge in [0.2, 0.25) is 17.3 Å². The van der Waals surface area contributed by atoms with Gasteiger partial charge in [0.1, 0.15) is 17.1 Å². The molecule has 0 atom stereocenters. The number of hydrogen-bond acceptors (Lipinski definition) is 22. The number of carbonyl (C=O) groups excluding carboxylic acids is 4. The highest BCUT2D eigenvalue weighted by molar-refractivity contribution is 7.93. The Morgan fingerprint density at radius 3 is 1.14 bits per heavy atom. The topological polar surface area (TPSA) is 448 Å². The number of carbonyl (C=O) groups is 4. The van der Waals surface area contributed by atoms with Gasteiger partial charge >= 0.3 is 18.5 Å². The third kappa shape index (κ3) is 21.4. The molecule has 0 aliphatic carbocycles. The number of ketones is 3. The fourth-order valence-electron chi connectivity index (χ4n) is 12.6. The summed E-state index contributed by atoms with van der Waals surface area (Å²) in [6.45, 7) is 4.98. The summed E-state index contributed by atoms with van der Waals surface area (Å²) in [5, 5.41) is 27.9. The van der Waals surface area contributed by atoms with Gasteiger partial charge in [-0.15, -0.1) is 0 Å². The molecular weight excluding hydrogens is 1980 g/mol. The second-order valence-electron chi connectivity index (χ2n) is 27.5. The standard InChI is InChI=1S/C22H19Cl2N5O3S.C20H11Cl2F3N4O3S.C20H13ClF3N5O3S.C19H10Cl2F3N5O3S/c1-3-29(21-16-6-4-5-7-18(16)26-27-21)22(30)20-19(11-14(23)12-25-20)28-33(31,32)15-8-9-17(24)13(2)10-15;21-10-6-17(29-33(31,32)11-4-5-15(22)14(7-11)20(23,24)25)18(26-8-10)19(30)12-2-1-3-16-13(12)9-27-28-16;1-10-2-3-12(7-15(10)20(22,23)24)33(31,32)29-16-6-11(21)8-26-17(16)18(30)13-4-5-25-19-14(13)9-27-28-19;20-9-5-15(29-33(31,32)10-1-2-14(21)13(6-10)19(22,23)24)16(26-7-9)17(30)11-3-4-25-18-12(11)8-27-28-18/h4-12,28H,3H2,1-2H3,(H,26,27);1-9,29H,(H,27,28);2-9,29H,1H3,(H,25,27,28);1-8,29H,(H,25,27,28). The number of para-hydroxylation sites is 1. The van der Waals surface area contributed by atoms with E-state index < -0.39 is 123 Å². The van der Waals surface area contributed by atoms with Crippen LogP contribution < -0.4 is 23.8 Å². The number of amides is 1. The number of halogens is 16. The highest BCUT2D eigenvalue weighted by Gasteiger charge is 2.39. The maximum atomic E-state index is 13.5. The predicted octanol–water partition coefficient (Wildman–Crippen LogP) is 19.4. The summed E-state index contributed by atoms with van der Waals surface area (Å²) in [4.78, 5) is 76.4. The molecule has 680 valence electrons. The third-order valence-corrected chi connectivity index (χ3v) is 26.2. The molecule has 10 heterocycles. The van der Waals surface area contributed by atoms with Crippen molar-refractivity contribution in [3.8, 4) is 0 Å². The van der Waals surface area contributed by atoms with E-state index in [1.165, 1.54) is 91.5 Å². The first kappa shape index (κ1) is 96.5. The van der Waals surface area contributed by atoms with Gasteiger partial charge in [-0.05, 0) is 153 Å². The first-order valence-electron chi connectivity index (χ1n) is 36.9. The molecule has 8 N–H and O–H groups in total. The third-order valence-electron chi connectivity index (χ3n) is 18.8. The lowest BCUT2D eigenvalue weighted by molar-refractivity contribution is -0.138. The molecule has 132 heavy (non-hydrogen) atoms. The molecule has 6 aromatic carbocycles. The van der Waals surface area contributed by atoms with E-state index in [1.54, 1.807) is 26.0 Å². The summed E-state index contributed by atoms with van der Waals surface area (Å²) < 4.78 is 231. The van der Waals surface area contributed by atoms with Gasteiger partial charge in [-0.3, -0.25) is 63.4 Å². The number of sulfonamides is 4. The lowest BCUT2D eigenvalue weighted by Crippen LogP contribution is -2.33. The average molecular weight is 2030 g/mol. The second kappa shape index (κ2) is 38.4. The summed E-state index contributed by atoms with van der Waals surface area (Å²) >= 11 is 41.0. The van der Waals surface area contributed by atoms with Gasteiger partial charge < -0.3 is 0 Å². The highest BCUT2D eigenvalue weighted by Crippen LogP contribution is 2.41. The van der Waals surface area contributed by atoms with E-state index in [0.717, 1.165) is 84.1 Å². The molecular formula is C81H53Cl7F9N19O12S4. The molecule has 51 heteroatoms. The minimum Gasteiger partial charge on any atom is -0.290 e. The molecule has 0 saturated heterocycles. The number of H-pyrrole nitrogens is 4. The monoisotopic (exact) mass is 2030 g/mol. The lowest BCUT2D eigenvalue weighted by atomic mass is 10.0. The molecule has 0 spiro atoms. The van der Waals surface area contributed by atoms with Crippen LogP contribution in [0.5, 0.6) is 0 Å². The van der Waals surface area contributed by atoms with Gasteiger partial charge in [-0.1, -0.05) is 112 Å². The number of aryl methyl sites for hydroxylation is 2. The number of fused-ring (bicyclic) bond motifs is 4. The Hall–Kier alpha value is -13.0.